The van der Waals surface area contributed by atoms with Gasteiger partial charge in [-0.2, -0.15) is 8.78 Å². The number of hydrogen-bond acceptors (Lipinski definition) is 5. The molecule has 0 saturated carbocycles. The number of alkyl halides is 2. The van der Waals surface area contributed by atoms with Gasteiger partial charge in [-0.15, -0.1) is 0 Å². The van der Waals surface area contributed by atoms with E-state index in [-0.39, 0.29) is 17.9 Å². The molecule has 24 heavy (non-hydrogen) atoms. The fourth-order valence-electron chi connectivity index (χ4n) is 1.79. The topological polar surface area (TPSA) is 77.8 Å². The van der Waals surface area contributed by atoms with E-state index in [1.807, 2.05) is 0 Å². The smallest absolute Gasteiger partial charge is 0.387 e. The van der Waals surface area contributed by atoms with E-state index in [4.69, 9.17) is 9.15 Å². The summed E-state index contributed by atoms with van der Waals surface area (Å²) in [4.78, 5) is 23.8. The molecule has 1 heterocycles. The van der Waals surface area contributed by atoms with Crippen molar-refractivity contribution in [2.45, 2.75) is 26.2 Å². The standard InChI is InChI=1S/C16H15F2NO5/c1-10(14(20)19-9-13-3-2-8-22-13)23-15(21)11-4-6-12(7-5-11)24-16(17)18/h2-8,10,16H,9H2,1H3,(H,19,20)/t10-/m1/s1. The van der Waals surface area contributed by atoms with Gasteiger partial charge in [0.15, 0.2) is 6.10 Å². The number of furan rings is 1. The molecule has 2 aromatic rings. The monoisotopic (exact) mass is 339 g/mol. The Morgan fingerprint density at radius 2 is 1.92 bits per heavy atom. The van der Waals surface area contributed by atoms with Gasteiger partial charge in [-0.3, -0.25) is 4.79 Å². The van der Waals surface area contributed by atoms with Crippen LogP contribution in [0.2, 0.25) is 0 Å². The zero-order chi connectivity index (χ0) is 17.5. The molecule has 1 aromatic heterocycles. The molecule has 6 nitrogen and oxygen atoms in total. The predicted molar refractivity (Wildman–Crippen MR) is 78.5 cm³/mol. The maximum absolute atomic E-state index is 12.0. The molecule has 0 aliphatic heterocycles. The minimum atomic E-state index is -2.94. The van der Waals surface area contributed by atoms with E-state index in [2.05, 4.69) is 10.1 Å². The summed E-state index contributed by atoms with van der Waals surface area (Å²) in [6.45, 7) is -1.35. The number of hydrogen-bond donors (Lipinski definition) is 1. The average Bonchev–Trinajstić information content (AvgIpc) is 3.06. The third kappa shape index (κ3) is 5.08. The van der Waals surface area contributed by atoms with E-state index in [0.717, 1.165) is 0 Å². The number of carbonyl (C=O) groups is 2. The number of ether oxygens (including phenoxy) is 2. The van der Waals surface area contributed by atoms with Crippen molar-refractivity contribution in [3.05, 3.63) is 54.0 Å². The Bertz CT molecular complexity index is 670. The Morgan fingerprint density at radius 3 is 2.50 bits per heavy atom. The lowest BCUT2D eigenvalue weighted by molar-refractivity contribution is -0.129. The van der Waals surface area contributed by atoms with Gasteiger partial charge in [-0.1, -0.05) is 0 Å². The molecule has 1 atom stereocenters. The molecule has 128 valence electrons. The van der Waals surface area contributed by atoms with Gasteiger partial charge in [-0.25, -0.2) is 4.79 Å². The third-order valence-corrected chi connectivity index (χ3v) is 2.99. The quantitative estimate of drug-likeness (QED) is 0.785. The largest absolute Gasteiger partial charge is 0.467 e. The van der Waals surface area contributed by atoms with Crippen LogP contribution in [0, 0.1) is 0 Å². The molecule has 0 aliphatic rings. The van der Waals surface area contributed by atoms with Crippen LogP contribution in [-0.2, 0) is 16.1 Å². The lowest BCUT2D eigenvalue weighted by Gasteiger charge is -2.13. The normalized spacial score (nSPS) is 11.8. The van der Waals surface area contributed by atoms with Gasteiger partial charge in [0, 0.05) is 0 Å². The Labute approximate surface area is 136 Å². The minimum absolute atomic E-state index is 0.0780. The summed E-state index contributed by atoms with van der Waals surface area (Å²) < 4.78 is 38.4. The molecule has 1 amide bonds. The van der Waals surface area contributed by atoms with Crippen LogP contribution in [0.1, 0.15) is 23.0 Å². The number of benzene rings is 1. The molecular weight excluding hydrogens is 324 g/mol. The fourth-order valence-corrected chi connectivity index (χ4v) is 1.79. The number of nitrogens with one attached hydrogen (secondary N) is 1. The van der Waals surface area contributed by atoms with Crippen LogP contribution in [0.15, 0.2) is 47.1 Å². The molecule has 0 saturated heterocycles. The van der Waals surface area contributed by atoms with Gasteiger partial charge in [0.2, 0.25) is 0 Å². The number of rotatable bonds is 7. The van der Waals surface area contributed by atoms with E-state index >= 15 is 0 Å². The number of amides is 1. The van der Waals surface area contributed by atoms with Gasteiger partial charge in [0.25, 0.3) is 5.91 Å². The molecule has 8 heteroatoms. The van der Waals surface area contributed by atoms with E-state index in [1.165, 1.54) is 37.5 Å². The lowest BCUT2D eigenvalue weighted by Crippen LogP contribution is -2.35. The fraction of sp³-hybridized carbons (Fsp3) is 0.250. The van der Waals surface area contributed by atoms with Crippen LogP contribution in [0.25, 0.3) is 0 Å². The first-order chi connectivity index (χ1) is 11.5. The average molecular weight is 339 g/mol. The molecule has 0 radical (unpaired) electrons. The highest BCUT2D eigenvalue weighted by Gasteiger charge is 2.19. The highest BCUT2D eigenvalue weighted by atomic mass is 19.3. The number of halogens is 2. The van der Waals surface area contributed by atoms with Crippen LogP contribution >= 0.6 is 0 Å². The van der Waals surface area contributed by atoms with E-state index < -0.39 is 24.6 Å². The molecule has 2 rings (SSSR count). The number of esters is 1. The summed E-state index contributed by atoms with van der Waals surface area (Å²) in [5.41, 5.74) is 0.113. The molecule has 1 N–H and O–H groups in total. The second-order valence-electron chi connectivity index (χ2n) is 4.75. The highest BCUT2D eigenvalue weighted by Crippen LogP contribution is 2.16. The van der Waals surface area contributed by atoms with Crippen LogP contribution in [0.4, 0.5) is 8.78 Å². The summed E-state index contributed by atoms with van der Waals surface area (Å²) >= 11 is 0. The van der Waals surface area contributed by atoms with Crippen LogP contribution in [0.5, 0.6) is 5.75 Å². The predicted octanol–water partition coefficient (Wildman–Crippen LogP) is 2.74. The van der Waals surface area contributed by atoms with E-state index in [0.29, 0.717) is 5.76 Å². The van der Waals surface area contributed by atoms with Gasteiger partial charge >= 0.3 is 12.6 Å². The van der Waals surface area contributed by atoms with Crippen LogP contribution in [-0.4, -0.2) is 24.6 Å². The first kappa shape index (κ1) is 17.5. The maximum Gasteiger partial charge on any atom is 0.387 e. The highest BCUT2D eigenvalue weighted by molar-refractivity contribution is 5.92. The Hall–Kier alpha value is -2.90. The van der Waals surface area contributed by atoms with Crippen molar-refractivity contribution in [1.82, 2.24) is 5.32 Å². The first-order valence-electron chi connectivity index (χ1n) is 7.01. The van der Waals surface area contributed by atoms with Crippen molar-refractivity contribution in [3.63, 3.8) is 0 Å². The summed E-state index contributed by atoms with van der Waals surface area (Å²) in [5.74, 6) is -0.751. The maximum atomic E-state index is 12.0. The van der Waals surface area contributed by atoms with Gasteiger partial charge in [0.1, 0.15) is 11.5 Å². The van der Waals surface area contributed by atoms with Crippen molar-refractivity contribution in [1.29, 1.82) is 0 Å². The Morgan fingerprint density at radius 1 is 1.21 bits per heavy atom. The van der Waals surface area contributed by atoms with E-state index in [1.54, 1.807) is 12.1 Å². The molecule has 0 aliphatic carbocycles. The summed E-state index contributed by atoms with van der Waals surface area (Å²) in [5, 5.41) is 2.56. The second-order valence-corrected chi connectivity index (χ2v) is 4.75. The lowest BCUT2D eigenvalue weighted by atomic mass is 10.2. The summed E-state index contributed by atoms with van der Waals surface area (Å²) in [6.07, 6.45) is 0.455. The van der Waals surface area contributed by atoms with Gasteiger partial charge < -0.3 is 19.2 Å². The van der Waals surface area contributed by atoms with Crippen LogP contribution in [0.3, 0.4) is 0 Å². The van der Waals surface area contributed by atoms with Crippen molar-refractivity contribution < 1.29 is 32.3 Å². The molecule has 0 bridgehead atoms. The van der Waals surface area contributed by atoms with Gasteiger partial charge in [-0.05, 0) is 43.3 Å². The molecule has 0 unspecified atom stereocenters. The molecule has 0 fully saturated rings. The van der Waals surface area contributed by atoms with Gasteiger partial charge in [0.05, 0.1) is 18.4 Å². The van der Waals surface area contributed by atoms with Crippen LogP contribution < -0.4 is 10.1 Å². The Balaban J connectivity index is 1.84. The number of carbonyl (C=O) groups excluding carboxylic acids is 2. The van der Waals surface area contributed by atoms with Crippen molar-refractivity contribution in [3.8, 4) is 5.75 Å². The summed E-state index contributed by atoms with van der Waals surface area (Å²) in [7, 11) is 0. The van der Waals surface area contributed by atoms with Crippen molar-refractivity contribution >= 4 is 11.9 Å². The second kappa shape index (κ2) is 8.09. The van der Waals surface area contributed by atoms with Crippen molar-refractivity contribution in [2.75, 3.05) is 0 Å². The molecular formula is C16H15F2NO5. The first-order valence-corrected chi connectivity index (χ1v) is 7.01. The molecule has 1 aromatic carbocycles. The SMILES string of the molecule is C[C@@H](OC(=O)c1ccc(OC(F)F)cc1)C(=O)NCc1ccco1. The minimum Gasteiger partial charge on any atom is -0.467 e. The summed E-state index contributed by atoms with van der Waals surface area (Å²) in [6, 6.07) is 8.35. The zero-order valence-electron chi connectivity index (χ0n) is 12.7. The van der Waals surface area contributed by atoms with Crippen molar-refractivity contribution in [2.24, 2.45) is 0 Å². The zero-order valence-corrected chi connectivity index (χ0v) is 12.7. The molecule has 0 spiro atoms. The Kier molecular flexibility index (Phi) is 5.89. The third-order valence-electron chi connectivity index (χ3n) is 2.99. The van der Waals surface area contributed by atoms with E-state index in [9.17, 15) is 18.4 Å².